The Morgan fingerprint density at radius 1 is 0.941 bits per heavy atom. The van der Waals surface area contributed by atoms with Crippen LogP contribution >= 0.6 is 0 Å². The first-order valence-electron chi connectivity index (χ1n) is 7.09. The summed E-state index contributed by atoms with van der Waals surface area (Å²) in [6, 6.07) is 0. The molecule has 1 aliphatic heterocycles. The van der Waals surface area contributed by atoms with Crippen LogP contribution in [-0.2, 0) is 0 Å². The van der Waals surface area contributed by atoms with Crippen LogP contribution in [0.2, 0.25) is 0 Å². The van der Waals surface area contributed by atoms with E-state index < -0.39 is 6.35 Å². The van der Waals surface area contributed by atoms with E-state index in [0.717, 1.165) is 6.54 Å². The molecule has 0 saturated carbocycles. The van der Waals surface area contributed by atoms with Gasteiger partial charge in [0.05, 0.1) is 0 Å². The van der Waals surface area contributed by atoms with Gasteiger partial charge in [0, 0.05) is 26.0 Å². The van der Waals surface area contributed by atoms with E-state index in [-0.39, 0.29) is 0 Å². The zero-order chi connectivity index (χ0) is 12.5. The standard InChI is InChI=1S/C14H28N2O/c1-3-4-5-6-7-8-9-10-11-16-13-12-15(2)14(16)17/h12-14,17H,3-11H2,1-2H3. The first kappa shape index (κ1) is 14.4. The van der Waals surface area contributed by atoms with E-state index in [1.165, 1.54) is 51.4 Å². The fourth-order valence-corrected chi connectivity index (χ4v) is 2.20. The van der Waals surface area contributed by atoms with Gasteiger partial charge in [-0.1, -0.05) is 51.9 Å². The van der Waals surface area contributed by atoms with Crippen LogP contribution in [0.15, 0.2) is 12.4 Å². The average Bonchev–Trinajstić information content (AvgIpc) is 2.64. The Morgan fingerprint density at radius 2 is 1.53 bits per heavy atom. The van der Waals surface area contributed by atoms with Gasteiger partial charge < -0.3 is 14.9 Å². The molecule has 0 saturated heterocycles. The second-order valence-corrected chi connectivity index (χ2v) is 5.02. The molecule has 0 amide bonds. The van der Waals surface area contributed by atoms with Crippen LogP contribution in [-0.4, -0.2) is 34.9 Å². The summed E-state index contributed by atoms with van der Waals surface area (Å²) in [6.07, 6.45) is 14.1. The van der Waals surface area contributed by atoms with E-state index in [1.807, 2.05) is 29.2 Å². The molecule has 0 fully saturated rings. The molecule has 0 aromatic carbocycles. The number of hydrogen-bond acceptors (Lipinski definition) is 3. The van der Waals surface area contributed by atoms with E-state index in [4.69, 9.17) is 0 Å². The fourth-order valence-electron chi connectivity index (χ4n) is 2.20. The minimum Gasteiger partial charge on any atom is -0.356 e. The molecule has 1 heterocycles. The molecule has 100 valence electrons. The number of rotatable bonds is 9. The van der Waals surface area contributed by atoms with Crippen molar-refractivity contribution in [2.75, 3.05) is 13.6 Å². The summed E-state index contributed by atoms with van der Waals surface area (Å²) >= 11 is 0. The van der Waals surface area contributed by atoms with Crippen molar-refractivity contribution in [3.05, 3.63) is 12.4 Å². The SMILES string of the molecule is CCCCCCCCCCN1C=CN(C)C1O. The maximum atomic E-state index is 9.75. The molecular formula is C14H28N2O. The summed E-state index contributed by atoms with van der Waals surface area (Å²) < 4.78 is 0. The van der Waals surface area contributed by atoms with Crippen molar-refractivity contribution < 1.29 is 5.11 Å². The van der Waals surface area contributed by atoms with E-state index >= 15 is 0 Å². The smallest absolute Gasteiger partial charge is 0.206 e. The highest BCUT2D eigenvalue weighted by Crippen LogP contribution is 2.13. The van der Waals surface area contributed by atoms with Crippen molar-refractivity contribution in [3.8, 4) is 0 Å². The van der Waals surface area contributed by atoms with Crippen molar-refractivity contribution >= 4 is 0 Å². The van der Waals surface area contributed by atoms with Crippen LogP contribution in [0, 0.1) is 0 Å². The molecule has 1 atom stereocenters. The third kappa shape index (κ3) is 5.44. The predicted octanol–water partition coefficient (Wildman–Crippen LogP) is 3.12. The van der Waals surface area contributed by atoms with Crippen LogP contribution in [0.4, 0.5) is 0 Å². The minimum absolute atomic E-state index is 0.445. The van der Waals surface area contributed by atoms with Crippen molar-refractivity contribution in [2.24, 2.45) is 0 Å². The first-order chi connectivity index (χ1) is 8.25. The topological polar surface area (TPSA) is 26.7 Å². The monoisotopic (exact) mass is 240 g/mol. The molecule has 3 heteroatoms. The third-order valence-electron chi connectivity index (χ3n) is 3.42. The second-order valence-electron chi connectivity index (χ2n) is 5.02. The molecule has 0 bridgehead atoms. The van der Waals surface area contributed by atoms with Crippen LogP contribution in [0.25, 0.3) is 0 Å². The lowest BCUT2D eigenvalue weighted by molar-refractivity contribution is -0.0365. The van der Waals surface area contributed by atoms with Gasteiger partial charge in [-0.2, -0.15) is 0 Å². The summed E-state index contributed by atoms with van der Waals surface area (Å²) in [6.45, 7) is 3.23. The lowest BCUT2D eigenvalue weighted by Crippen LogP contribution is -2.36. The van der Waals surface area contributed by atoms with Gasteiger partial charge in [0.1, 0.15) is 0 Å². The molecule has 0 aliphatic carbocycles. The lowest BCUT2D eigenvalue weighted by atomic mass is 10.1. The number of nitrogens with zero attached hydrogens (tertiary/aromatic N) is 2. The van der Waals surface area contributed by atoms with Crippen LogP contribution in [0.5, 0.6) is 0 Å². The zero-order valence-corrected chi connectivity index (χ0v) is 11.4. The Morgan fingerprint density at radius 3 is 2.06 bits per heavy atom. The van der Waals surface area contributed by atoms with E-state index in [2.05, 4.69) is 6.92 Å². The summed E-state index contributed by atoms with van der Waals surface area (Å²) in [4.78, 5) is 3.82. The summed E-state index contributed by atoms with van der Waals surface area (Å²) in [7, 11) is 1.90. The number of unbranched alkanes of at least 4 members (excludes halogenated alkanes) is 7. The molecule has 17 heavy (non-hydrogen) atoms. The number of aliphatic hydroxyl groups excluding tert-OH is 1. The molecule has 3 nitrogen and oxygen atoms in total. The van der Waals surface area contributed by atoms with Gasteiger partial charge >= 0.3 is 0 Å². The van der Waals surface area contributed by atoms with Gasteiger partial charge in [-0.05, 0) is 6.42 Å². The number of aliphatic hydroxyl groups is 1. The van der Waals surface area contributed by atoms with Crippen LogP contribution < -0.4 is 0 Å². The first-order valence-corrected chi connectivity index (χ1v) is 7.09. The molecule has 0 aromatic heterocycles. The highest BCUT2D eigenvalue weighted by atomic mass is 16.3. The van der Waals surface area contributed by atoms with Crippen molar-refractivity contribution in [1.29, 1.82) is 0 Å². The molecule has 1 unspecified atom stereocenters. The largest absolute Gasteiger partial charge is 0.356 e. The number of hydrogen-bond donors (Lipinski definition) is 1. The second kappa shape index (κ2) is 8.40. The highest BCUT2D eigenvalue weighted by Gasteiger charge is 2.19. The van der Waals surface area contributed by atoms with Gasteiger partial charge in [0.15, 0.2) is 0 Å². The van der Waals surface area contributed by atoms with Gasteiger partial charge in [0.25, 0.3) is 0 Å². The predicted molar refractivity (Wildman–Crippen MR) is 72.2 cm³/mol. The fraction of sp³-hybridized carbons (Fsp3) is 0.857. The summed E-state index contributed by atoms with van der Waals surface area (Å²) in [5, 5.41) is 9.75. The molecular weight excluding hydrogens is 212 g/mol. The van der Waals surface area contributed by atoms with Crippen molar-refractivity contribution in [2.45, 2.75) is 64.6 Å². The highest BCUT2D eigenvalue weighted by molar-refractivity contribution is 4.90. The van der Waals surface area contributed by atoms with Gasteiger partial charge in [-0.25, -0.2) is 0 Å². The third-order valence-corrected chi connectivity index (χ3v) is 3.42. The van der Waals surface area contributed by atoms with Crippen LogP contribution in [0.1, 0.15) is 58.3 Å². The Kier molecular flexibility index (Phi) is 7.10. The Bertz CT molecular complexity index is 218. The minimum atomic E-state index is -0.445. The zero-order valence-electron chi connectivity index (χ0n) is 11.4. The summed E-state index contributed by atoms with van der Waals surface area (Å²) in [5.41, 5.74) is 0. The van der Waals surface area contributed by atoms with E-state index in [9.17, 15) is 5.11 Å². The Labute approximate surface area is 106 Å². The van der Waals surface area contributed by atoms with Crippen molar-refractivity contribution in [1.82, 2.24) is 9.80 Å². The maximum Gasteiger partial charge on any atom is 0.206 e. The maximum absolute atomic E-state index is 9.75. The Balaban J connectivity index is 1.89. The Hall–Kier alpha value is -0.700. The molecule has 1 N–H and O–H groups in total. The summed E-state index contributed by atoms with van der Waals surface area (Å²) in [5.74, 6) is 0. The normalized spacial score (nSPS) is 19.4. The van der Waals surface area contributed by atoms with E-state index in [1.54, 1.807) is 0 Å². The molecule has 1 aliphatic rings. The molecule has 0 radical (unpaired) electrons. The lowest BCUT2D eigenvalue weighted by Gasteiger charge is -2.25. The molecule has 0 spiro atoms. The average molecular weight is 240 g/mol. The van der Waals surface area contributed by atoms with Crippen LogP contribution in [0.3, 0.4) is 0 Å². The van der Waals surface area contributed by atoms with Gasteiger partial charge in [-0.15, -0.1) is 0 Å². The van der Waals surface area contributed by atoms with Gasteiger partial charge in [0.2, 0.25) is 6.35 Å². The van der Waals surface area contributed by atoms with E-state index in [0.29, 0.717) is 0 Å². The quantitative estimate of drug-likeness (QED) is 0.627. The molecule has 0 aromatic rings. The van der Waals surface area contributed by atoms with Gasteiger partial charge in [-0.3, -0.25) is 0 Å². The molecule has 1 rings (SSSR count). The van der Waals surface area contributed by atoms with Crippen molar-refractivity contribution in [3.63, 3.8) is 0 Å².